The van der Waals surface area contributed by atoms with Crippen LogP contribution >= 0.6 is 0 Å². The van der Waals surface area contributed by atoms with Crippen LogP contribution in [0, 0.1) is 5.92 Å². The number of nitrogens with one attached hydrogen (secondary N) is 1. The van der Waals surface area contributed by atoms with E-state index in [1.807, 2.05) is 0 Å². The first-order chi connectivity index (χ1) is 7.55. The van der Waals surface area contributed by atoms with Crippen LogP contribution in [-0.4, -0.2) is 38.3 Å². The van der Waals surface area contributed by atoms with Gasteiger partial charge in [0, 0.05) is 25.4 Å². The summed E-state index contributed by atoms with van der Waals surface area (Å²) in [6.07, 6.45) is 4.54. The number of hydrogen-bond acceptors (Lipinski definition) is 4. The zero-order valence-corrected chi connectivity index (χ0v) is 10.3. The highest BCUT2D eigenvalue weighted by molar-refractivity contribution is 7.91. The molecule has 1 aliphatic carbocycles. The van der Waals surface area contributed by atoms with Crippen LogP contribution in [0.1, 0.15) is 32.1 Å². The quantitative estimate of drug-likeness (QED) is 0.767. The van der Waals surface area contributed by atoms with Crippen LogP contribution in [0.15, 0.2) is 0 Å². The number of Topliss-reactive ketones (excluding diaryl/α,β-unsaturated/α-hetero) is 1. The summed E-state index contributed by atoms with van der Waals surface area (Å²) in [6.45, 7) is 0.489. The average Bonchev–Trinajstić information content (AvgIpc) is 2.96. The Kier molecular flexibility index (Phi) is 3.64. The molecule has 0 aromatic heterocycles. The van der Waals surface area contributed by atoms with Gasteiger partial charge in [-0.25, -0.2) is 8.42 Å². The van der Waals surface area contributed by atoms with Crippen LogP contribution in [-0.2, 0) is 14.6 Å². The molecule has 2 aliphatic rings. The van der Waals surface area contributed by atoms with Crippen LogP contribution in [0.2, 0.25) is 0 Å². The van der Waals surface area contributed by atoms with Gasteiger partial charge in [0.1, 0.15) is 5.78 Å². The maximum atomic E-state index is 11.6. The molecule has 1 saturated carbocycles. The van der Waals surface area contributed by atoms with E-state index in [-0.39, 0.29) is 23.3 Å². The van der Waals surface area contributed by atoms with Crippen LogP contribution in [0.4, 0.5) is 0 Å². The monoisotopic (exact) mass is 245 g/mol. The number of carbonyl (C=O) groups is 1. The Hall–Kier alpha value is -0.420. The lowest BCUT2D eigenvalue weighted by molar-refractivity contribution is -0.119. The van der Waals surface area contributed by atoms with Crippen LogP contribution in [0.5, 0.6) is 0 Å². The van der Waals surface area contributed by atoms with Crippen molar-refractivity contribution in [3.63, 3.8) is 0 Å². The maximum absolute atomic E-state index is 11.6. The molecule has 0 radical (unpaired) electrons. The summed E-state index contributed by atoms with van der Waals surface area (Å²) in [5, 5.41) is 3.11. The Morgan fingerprint density at radius 1 is 1.31 bits per heavy atom. The highest BCUT2D eigenvalue weighted by atomic mass is 32.2. The second-order valence-corrected chi connectivity index (χ2v) is 7.22. The van der Waals surface area contributed by atoms with Gasteiger partial charge in [0.15, 0.2) is 9.84 Å². The van der Waals surface area contributed by atoms with E-state index in [0.29, 0.717) is 19.4 Å². The van der Waals surface area contributed by atoms with E-state index in [9.17, 15) is 13.2 Å². The molecule has 1 saturated heterocycles. The Balaban J connectivity index is 1.72. The number of hydrogen-bond donors (Lipinski definition) is 1. The molecule has 1 aliphatic heterocycles. The smallest absolute Gasteiger partial charge is 0.153 e. The summed E-state index contributed by atoms with van der Waals surface area (Å²) in [4.78, 5) is 11.6. The summed E-state index contributed by atoms with van der Waals surface area (Å²) >= 11 is 0. The maximum Gasteiger partial charge on any atom is 0.153 e. The molecule has 1 heterocycles. The molecule has 2 fully saturated rings. The topological polar surface area (TPSA) is 63.2 Å². The minimum atomic E-state index is -2.91. The van der Waals surface area contributed by atoms with Crippen molar-refractivity contribution in [2.24, 2.45) is 5.92 Å². The molecule has 0 aromatic rings. The lowest BCUT2D eigenvalue weighted by Crippen LogP contribution is -2.45. The fourth-order valence-electron chi connectivity index (χ4n) is 2.15. The van der Waals surface area contributed by atoms with E-state index in [1.54, 1.807) is 0 Å². The van der Waals surface area contributed by atoms with Gasteiger partial charge in [0.05, 0.1) is 11.5 Å². The zero-order valence-electron chi connectivity index (χ0n) is 9.44. The van der Waals surface area contributed by atoms with Crippen molar-refractivity contribution in [3.05, 3.63) is 0 Å². The van der Waals surface area contributed by atoms with Gasteiger partial charge in [-0.2, -0.15) is 0 Å². The predicted octanol–water partition coefficient (Wildman–Crippen LogP) is 0.522. The van der Waals surface area contributed by atoms with E-state index in [0.717, 1.165) is 12.3 Å². The molecular weight excluding hydrogens is 226 g/mol. The molecule has 92 valence electrons. The number of rotatable bonds is 5. The van der Waals surface area contributed by atoms with Gasteiger partial charge in [-0.05, 0) is 12.3 Å². The first kappa shape index (κ1) is 12.0. The van der Waals surface area contributed by atoms with Gasteiger partial charge in [-0.3, -0.25) is 4.79 Å². The molecule has 5 heteroatoms. The van der Waals surface area contributed by atoms with Gasteiger partial charge >= 0.3 is 0 Å². The summed E-state index contributed by atoms with van der Waals surface area (Å²) in [7, 11) is -2.91. The van der Waals surface area contributed by atoms with Crippen LogP contribution in [0.25, 0.3) is 0 Å². The standard InChI is InChI=1S/C11H19NO3S/c13-11(4-3-9-1-2-9)7-10-8-16(14,15)6-5-12-10/h9-10,12H,1-8H2. The van der Waals surface area contributed by atoms with Crippen molar-refractivity contribution in [1.82, 2.24) is 5.32 Å². The Morgan fingerprint density at radius 3 is 2.69 bits per heavy atom. The fourth-order valence-corrected chi connectivity index (χ4v) is 3.59. The SMILES string of the molecule is O=C(CCC1CC1)CC1CS(=O)(=O)CCN1. The largest absolute Gasteiger partial charge is 0.312 e. The molecule has 1 atom stereocenters. The second-order valence-electron chi connectivity index (χ2n) is 4.99. The summed E-state index contributed by atoms with van der Waals surface area (Å²) in [5.74, 6) is 1.32. The predicted molar refractivity (Wildman–Crippen MR) is 62.0 cm³/mol. The lowest BCUT2D eigenvalue weighted by Gasteiger charge is -2.22. The van der Waals surface area contributed by atoms with Crippen molar-refractivity contribution < 1.29 is 13.2 Å². The van der Waals surface area contributed by atoms with Gasteiger partial charge in [0.2, 0.25) is 0 Å². The highest BCUT2D eigenvalue weighted by Crippen LogP contribution is 2.33. The molecule has 2 rings (SSSR count). The molecule has 0 aromatic carbocycles. The third-order valence-electron chi connectivity index (χ3n) is 3.30. The molecule has 4 nitrogen and oxygen atoms in total. The van der Waals surface area contributed by atoms with Gasteiger partial charge in [-0.1, -0.05) is 12.8 Å². The minimum Gasteiger partial charge on any atom is -0.312 e. The summed E-state index contributed by atoms with van der Waals surface area (Å²) < 4.78 is 22.7. The summed E-state index contributed by atoms with van der Waals surface area (Å²) in [6, 6.07) is -0.148. The van der Waals surface area contributed by atoms with E-state index in [4.69, 9.17) is 0 Å². The Morgan fingerprint density at radius 2 is 2.06 bits per heavy atom. The number of sulfone groups is 1. The van der Waals surface area contributed by atoms with Gasteiger partial charge < -0.3 is 5.32 Å². The van der Waals surface area contributed by atoms with Crippen molar-refractivity contribution in [3.8, 4) is 0 Å². The molecule has 0 spiro atoms. The van der Waals surface area contributed by atoms with Crippen molar-refractivity contribution >= 4 is 15.6 Å². The van der Waals surface area contributed by atoms with Crippen molar-refractivity contribution in [2.75, 3.05) is 18.1 Å². The highest BCUT2D eigenvalue weighted by Gasteiger charge is 2.27. The fraction of sp³-hybridized carbons (Fsp3) is 0.909. The van der Waals surface area contributed by atoms with E-state index in [2.05, 4.69) is 5.32 Å². The zero-order chi connectivity index (χ0) is 11.6. The average molecular weight is 245 g/mol. The minimum absolute atomic E-state index is 0.127. The van der Waals surface area contributed by atoms with E-state index in [1.165, 1.54) is 12.8 Å². The van der Waals surface area contributed by atoms with E-state index < -0.39 is 9.84 Å². The molecule has 1 N–H and O–H groups in total. The molecule has 0 bridgehead atoms. The molecule has 1 unspecified atom stereocenters. The Labute approximate surface area is 96.7 Å². The number of carbonyl (C=O) groups excluding carboxylic acids is 1. The Bertz CT molecular complexity index is 359. The van der Waals surface area contributed by atoms with Crippen molar-refractivity contribution in [2.45, 2.75) is 38.1 Å². The van der Waals surface area contributed by atoms with E-state index >= 15 is 0 Å². The van der Waals surface area contributed by atoms with Gasteiger partial charge in [-0.15, -0.1) is 0 Å². The summed E-state index contributed by atoms with van der Waals surface area (Å²) in [5.41, 5.74) is 0. The molecule has 16 heavy (non-hydrogen) atoms. The molecular formula is C11H19NO3S. The van der Waals surface area contributed by atoms with Crippen LogP contribution < -0.4 is 5.32 Å². The number of ketones is 1. The lowest BCUT2D eigenvalue weighted by atomic mass is 10.1. The first-order valence-corrected chi connectivity index (χ1v) is 7.83. The second kappa shape index (κ2) is 4.84. The third-order valence-corrected chi connectivity index (χ3v) is 5.04. The van der Waals surface area contributed by atoms with Gasteiger partial charge in [0.25, 0.3) is 0 Å². The van der Waals surface area contributed by atoms with Crippen molar-refractivity contribution in [1.29, 1.82) is 0 Å². The first-order valence-electron chi connectivity index (χ1n) is 6.01. The molecule has 0 amide bonds. The normalized spacial score (nSPS) is 28.9. The third kappa shape index (κ3) is 3.87. The van der Waals surface area contributed by atoms with Crippen LogP contribution in [0.3, 0.4) is 0 Å².